The van der Waals surface area contributed by atoms with Crippen molar-refractivity contribution in [3.8, 4) is 0 Å². The predicted octanol–water partition coefficient (Wildman–Crippen LogP) is 1.43. The van der Waals surface area contributed by atoms with Gasteiger partial charge in [-0.05, 0) is 25.7 Å². The maximum Gasteiger partial charge on any atom is 0.220 e. The molecule has 7 nitrogen and oxygen atoms in total. The van der Waals surface area contributed by atoms with Crippen LogP contribution in [-0.2, 0) is 9.59 Å². The molecule has 2 fully saturated rings. The number of aliphatic imine (C=N–C) groups is 1. The van der Waals surface area contributed by atoms with Gasteiger partial charge >= 0.3 is 0 Å². The minimum atomic E-state index is 0. The van der Waals surface area contributed by atoms with E-state index in [1.54, 1.807) is 6.92 Å². The van der Waals surface area contributed by atoms with E-state index in [4.69, 9.17) is 0 Å². The maximum absolute atomic E-state index is 11.9. The van der Waals surface area contributed by atoms with Crippen molar-refractivity contribution in [1.29, 1.82) is 0 Å². The second-order valence-corrected chi connectivity index (χ2v) is 6.93. The monoisotopic (exact) mass is 479 g/mol. The SMILES string of the molecule is CCNC(=NCCNC(=O)CC1CCCC1)N1CCN(C(C)=O)CC1.I. The van der Waals surface area contributed by atoms with Crippen molar-refractivity contribution in [1.82, 2.24) is 20.4 Å². The Morgan fingerprint density at radius 1 is 1.04 bits per heavy atom. The first-order chi connectivity index (χ1) is 12.1. The van der Waals surface area contributed by atoms with Crippen LogP contribution in [0.15, 0.2) is 4.99 Å². The molecule has 0 bridgehead atoms. The Labute approximate surface area is 174 Å². The number of hydrogen-bond donors (Lipinski definition) is 2. The molecule has 0 radical (unpaired) electrons. The van der Waals surface area contributed by atoms with Gasteiger partial charge in [-0.15, -0.1) is 24.0 Å². The van der Waals surface area contributed by atoms with Gasteiger partial charge in [-0.25, -0.2) is 0 Å². The van der Waals surface area contributed by atoms with Gasteiger partial charge < -0.3 is 20.4 Å². The summed E-state index contributed by atoms with van der Waals surface area (Å²) in [6.07, 6.45) is 5.60. The molecule has 1 saturated heterocycles. The van der Waals surface area contributed by atoms with Crippen molar-refractivity contribution in [3.63, 3.8) is 0 Å². The third-order valence-corrected chi connectivity index (χ3v) is 5.00. The Morgan fingerprint density at radius 2 is 1.65 bits per heavy atom. The van der Waals surface area contributed by atoms with Crippen molar-refractivity contribution < 1.29 is 9.59 Å². The Hall–Kier alpha value is -1.06. The molecular weight excluding hydrogens is 445 g/mol. The largest absolute Gasteiger partial charge is 0.357 e. The number of guanidine groups is 1. The highest BCUT2D eigenvalue weighted by Crippen LogP contribution is 2.27. The average Bonchev–Trinajstić information content (AvgIpc) is 3.10. The van der Waals surface area contributed by atoms with E-state index in [2.05, 4.69) is 20.5 Å². The molecule has 1 aliphatic heterocycles. The summed E-state index contributed by atoms with van der Waals surface area (Å²) in [7, 11) is 0. The van der Waals surface area contributed by atoms with Crippen molar-refractivity contribution in [2.75, 3.05) is 45.8 Å². The van der Waals surface area contributed by atoms with Crippen molar-refractivity contribution >= 4 is 41.8 Å². The Balaban J connectivity index is 0.00000338. The molecule has 2 rings (SSSR count). The summed E-state index contributed by atoms with van der Waals surface area (Å²) in [6.45, 7) is 8.67. The highest BCUT2D eigenvalue weighted by molar-refractivity contribution is 14.0. The fourth-order valence-corrected chi connectivity index (χ4v) is 3.56. The summed E-state index contributed by atoms with van der Waals surface area (Å²) >= 11 is 0. The minimum Gasteiger partial charge on any atom is -0.357 e. The van der Waals surface area contributed by atoms with Gasteiger partial charge in [0.1, 0.15) is 0 Å². The number of nitrogens with zero attached hydrogens (tertiary/aromatic N) is 3. The molecule has 26 heavy (non-hydrogen) atoms. The number of amides is 2. The number of rotatable bonds is 6. The molecule has 0 unspecified atom stereocenters. The van der Waals surface area contributed by atoms with Gasteiger partial charge in [0.25, 0.3) is 0 Å². The molecule has 0 spiro atoms. The van der Waals surface area contributed by atoms with E-state index in [9.17, 15) is 9.59 Å². The molecule has 0 atom stereocenters. The highest BCUT2D eigenvalue weighted by Gasteiger charge is 2.21. The number of carbonyl (C=O) groups excluding carboxylic acids is 2. The van der Waals surface area contributed by atoms with Gasteiger partial charge in [0, 0.05) is 52.6 Å². The first kappa shape index (κ1) is 23.0. The fraction of sp³-hybridized carbons (Fsp3) is 0.833. The van der Waals surface area contributed by atoms with Crippen LogP contribution in [0.25, 0.3) is 0 Å². The van der Waals surface area contributed by atoms with E-state index >= 15 is 0 Å². The second kappa shape index (κ2) is 12.3. The van der Waals surface area contributed by atoms with Gasteiger partial charge in [0.15, 0.2) is 5.96 Å². The smallest absolute Gasteiger partial charge is 0.220 e. The highest BCUT2D eigenvalue weighted by atomic mass is 127. The quantitative estimate of drug-likeness (QED) is 0.262. The van der Waals surface area contributed by atoms with Crippen LogP contribution in [0.1, 0.15) is 46.0 Å². The van der Waals surface area contributed by atoms with Crippen LogP contribution in [0.2, 0.25) is 0 Å². The van der Waals surface area contributed by atoms with Gasteiger partial charge in [0.05, 0.1) is 6.54 Å². The van der Waals surface area contributed by atoms with Crippen molar-refractivity contribution in [2.45, 2.75) is 46.0 Å². The summed E-state index contributed by atoms with van der Waals surface area (Å²) in [5.41, 5.74) is 0. The number of carbonyl (C=O) groups is 2. The molecule has 0 aromatic rings. The van der Waals surface area contributed by atoms with Gasteiger partial charge in [-0.2, -0.15) is 0 Å². The van der Waals surface area contributed by atoms with Crippen LogP contribution in [0.4, 0.5) is 0 Å². The molecule has 1 saturated carbocycles. The molecule has 0 aromatic heterocycles. The zero-order valence-corrected chi connectivity index (χ0v) is 18.5. The number of hydrogen-bond acceptors (Lipinski definition) is 3. The zero-order chi connectivity index (χ0) is 18.1. The first-order valence-corrected chi connectivity index (χ1v) is 9.65. The minimum absolute atomic E-state index is 0. The summed E-state index contributed by atoms with van der Waals surface area (Å²) < 4.78 is 0. The summed E-state index contributed by atoms with van der Waals surface area (Å²) in [5, 5.41) is 6.29. The predicted molar refractivity (Wildman–Crippen MR) is 115 cm³/mol. The third kappa shape index (κ3) is 7.67. The Morgan fingerprint density at radius 3 is 2.23 bits per heavy atom. The zero-order valence-electron chi connectivity index (χ0n) is 16.1. The molecule has 0 aromatic carbocycles. The number of halogens is 1. The lowest BCUT2D eigenvalue weighted by Crippen LogP contribution is -2.53. The Bertz CT molecular complexity index is 472. The summed E-state index contributed by atoms with van der Waals surface area (Å²) in [6, 6.07) is 0. The van der Waals surface area contributed by atoms with Crippen LogP contribution in [0.3, 0.4) is 0 Å². The van der Waals surface area contributed by atoms with Gasteiger partial charge in [0.2, 0.25) is 11.8 Å². The number of nitrogens with one attached hydrogen (secondary N) is 2. The lowest BCUT2D eigenvalue weighted by Gasteiger charge is -2.36. The van der Waals surface area contributed by atoms with E-state index in [0.29, 0.717) is 25.4 Å². The van der Waals surface area contributed by atoms with Crippen LogP contribution in [0, 0.1) is 5.92 Å². The molecule has 150 valence electrons. The average molecular weight is 479 g/mol. The maximum atomic E-state index is 11.9. The molecule has 2 amide bonds. The van der Waals surface area contributed by atoms with Crippen molar-refractivity contribution in [3.05, 3.63) is 0 Å². The van der Waals surface area contributed by atoms with E-state index in [1.807, 2.05) is 11.8 Å². The molecule has 1 aliphatic carbocycles. The summed E-state index contributed by atoms with van der Waals surface area (Å²) in [4.78, 5) is 32.0. The standard InChI is InChI=1S/C18H33N5O2.HI/c1-3-19-18(23-12-10-22(11-13-23)15(2)24)21-9-8-20-17(25)14-16-6-4-5-7-16;/h16H,3-14H2,1-2H3,(H,19,21)(H,20,25);1H. The van der Waals surface area contributed by atoms with Crippen molar-refractivity contribution in [2.24, 2.45) is 10.9 Å². The second-order valence-electron chi connectivity index (χ2n) is 6.93. The van der Waals surface area contributed by atoms with E-state index in [0.717, 1.165) is 38.7 Å². The lowest BCUT2D eigenvalue weighted by molar-refractivity contribution is -0.130. The molecule has 8 heteroatoms. The van der Waals surface area contributed by atoms with Crippen LogP contribution < -0.4 is 10.6 Å². The molecule has 1 heterocycles. The van der Waals surface area contributed by atoms with E-state index in [-0.39, 0.29) is 35.8 Å². The van der Waals surface area contributed by atoms with E-state index in [1.165, 1.54) is 25.7 Å². The third-order valence-electron chi connectivity index (χ3n) is 5.00. The molecular formula is C18H34IN5O2. The van der Waals surface area contributed by atoms with E-state index < -0.39 is 0 Å². The van der Waals surface area contributed by atoms with Crippen LogP contribution >= 0.6 is 24.0 Å². The Kier molecular flexibility index (Phi) is 10.9. The van der Waals surface area contributed by atoms with Crippen LogP contribution in [-0.4, -0.2) is 73.4 Å². The topological polar surface area (TPSA) is 77.0 Å². The van der Waals surface area contributed by atoms with Crippen LogP contribution in [0.5, 0.6) is 0 Å². The fourth-order valence-electron chi connectivity index (χ4n) is 3.56. The van der Waals surface area contributed by atoms with Gasteiger partial charge in [-0.1, -0.05) is 12.8 Å². The first-order valence-electron chi connectivity index (χ1n) is 9.65. The normalized spacial score (nSPS) is 18.5. The number of piperazine rings is 1. The lowest BCUT2D eigenvalue weighted by atomic mass is 10.0. The molecule has 2 aliphatic rings. The van der Waals surface area contributed by atoms with Gasteiger partial charge in [-0.3, -0.25) is 14.6 Å². The summed E-state index contributed by atoms with van der Waals surface area (Å²) in [5.74, 6) is 1.74. The molecule has 2 N–H and O–H groups in total.